The second-order valence-corrected chi connectivity index (χ2v) is 10.4. The van der Waals surface area contributed by atoms with Crippen LogP contribution in [-0.2, 0) is 12.8 Å². The van der Waals surface area contributed by atoms with Gasteiger partial charge in [-0.15, -0.1) is 0 Å². The number of rotatable bonds is 0. The van der Waals surface area contributed by atoms with Crippen LogP contribution in [0, 0.1) is 34.5 Å². The zero-order chi connectivity index (χ0) is 18.4. The van der Waals surface area contributed by atoms with Crippen LogP contribution in [-0.4, -0.2) is 30.8 Å². The van der Waals surface area contributed by atoms with Crippen LogP contribution in [0.3, 0.4) is 0 Å². The van der Waals surface area contributed by atoms with Gasteiger partial charge in [-0.3, -0.25) is 0 Å². The summed E-state index contributed by atoms with van der Waals surface area (Å²) in [6.45, 7) is 4.94. The average molecular weight is 367 g/mol. The van der Waals surface area contributed by atoms with Crippen LogP contribution >= 0.6 is 0 Å². The van der Waals surface area contributed by atoms with Crippen molar-refractivity contribution < 1.29 is 5.11 Å². The van der Waals surface area contributed by atoms with Gasteiger partial charge in [-0.2, -0.15) is 10.1 Å². The van der Waals surface area contributed by atoms with Crippen molar-refractivity contribution in [2.45, 2.75) is 71.3 Å². The van der Waals surface area contributed by atoms with Gasteiger partial charge in [0.05, 0.1) is 6.10 Å². The van der Waals surface area contributed by atoms with Gasteiger partial charge < -0.3 is 5.11 Å². The number of aromatic nitrogens is 4. The minimum atomic E-state index is -0.0779. The molecule has 0 spiro atoms. The van der Waals surface area contributed by atoms with Gasteiger partial charge in [0.1, 0.15) is 6.33 Å². The fourth-order valence-corrected chi connectivity index (χ4v) is 7.92. The molecule has 1 N–H and O–H groups in total. The van der Waals surface area contributed by atoms with Crippen molar-refractivity contribution in [2.24, 2.45) is 34.5 Å². The molecule has 0 aromatic carbocycles. The monoisotopic (exact) mass is 366 g/mol. The normalized spacial score (nSPS) is 45.8. The summed E-state index contributed by atoms with van der Waals surface area (Å²) in [6, 6.07) is 0. The largest absolute Gasteiger partial charge is 0.393 e. The first-order valence-corrected chi connectivity index (χ1v) is 10.9. The molecule has 144 valence electrons. The van der Waals surface area contributed by atoms with E-state index in [0.29, 0.717) is 5.41 Å². The van der Waals surface area contributed by atoms with Crippen molar-refractivity contribution >= 4 is 5.78 Å². The lowest BCUT2D eigenvalue weighted by molar-refractivity contribution is -0.111. The third-order valence-electron chi connectivity index (χ3n) is 9.46. The highest BCUT2D eigenvalue weighted by Gasteiger charge is 2.60. The molecule has 0 saturated heterocycles. The second kappa shape index (κ2) is 5.31. The smallest absolute Gasteiger partial charge is 0.252 e. The molecule has 2 aromatic rings. The van der Waals surface area contributed by atoms with E-state index < -0.39 is 0 Å². The van der Waals surface area contributed by atoms with Crippen LogP contribution < -0.4 is 0 Å². The molecule has 6 rings (SSSR count). The first-order chi connectivity index (χ1) is 13.0. The first-order valence-electron chi connectivity index (χ1n) is 10.9. The van der Waals surface area contributed by atoms with Gasteiger partial charge >= 0.3 is 0 Å². The number of hydrogen-bond donors (Lipinski definition) is 1. The van der Waals surface area contributed by atoms with E-state index in [9.17, 15) is 5.11 Å². The summed E-state index contributed by atoms with van der Waals surface area (Å²) in [5, 5.41) is 15.0. The molecule has 0 bridgehead atoms. The minimum absolute atomic E-state index is 0.0779. The Hall–Kier alpha value is -1.49. The summed E-state index contributed by atoms with van der Waals surface area (Å²) in [5.41, 5.74) is 3.17. The van der Waals surface area contributed by atoms with Crippen molar-refractivity contribution in [1.82, 2.24) is 19.6 Å². The number of nitrogens with zero attached hydrogens (tertiary/aromatic N) is 4. The Morgan fingerprint density at radius 2 is 1.93 bits per heavy atom. The molecule has 3 saturated carbocycles. The van der Waals surface area contributed by atoms with Gasteiger partial charge in [0.25, 0.3) is 5.78 Å². The predicted octanol–water partition coefficient (Wildman–Crippen LogP) is 3.44. The Morgan fingerprint density at radius 1 is 1.07 bits per heavy atom. The summed E-state index contributed by atoms with van der Waals surface area (Å²) in [5.74, 6) is 3.78. The molecule has 27 heavy (non-hydrogen) atoms. The lowest BCUT2D eigenvalue weighted by atomic mass is 9.45. The molecule has 4 aliphatic rings. The highest BCUT2D eigenvalue weighted by Crippen LogP contribution is 2.65. The Labute approximate surface area is 160 Å². The molecule has 2 aromatic heterocycles. The summed E-state index contributed by atoms with van der Waals surface area (Å²) in [7, 11) is 0. The van der Waals surface area contributed by atoms with Crippen molar-refractivity contribution in [1.29, 1.82) is 0 Å². The molecule has 5 heteroatoms. The molecule has 0 amide bonds. The molecule has 7 unspecified atom stereocenters. The van der Waals surface area contributed by atoms with E-state index >= 15 is 0 Å². The van der Waals surface area contributed by atoms with E-state index in [0.717, 1.165) is 48.7 Å². The number of fused-ring (bicyclic) bond motifs is 7. The summed E-state index contributed by atoms with van der Waals surface area (Å²) < 4.78 is 1.84. The standard InChI is InChI=1S/C22H30N4O/c1-21-8-7-17-15(16(21)5-6-19(21)27)4-3-14-9-18-13(10-22(14,17)2)11-26-20(25-18)23-12-24-26/h11-12,14-17,19,27H,3-10H2,1-2H3. The van der Waals surface area contributed by atoms with Crippen LogP contribution in [0.2, 0.25) is 0 Å². The second-order valence-electron chi connectivity index (χ2n) is 10.4. The molecular formula is C22H30N4O. The topological polar surface area (TPSA) is 63.3 Å². The Morgan fingerprint density at radius 3 is 2.81 bits per heavy atom. The fraction of sp³-hybridized carbons (Fsp3) is 0.773. The van der Waals surface area contributed by atoms with Gasteiger partial charge in [0, 0.05) is 11.9 Å². The predicted molar refractivity (Wildman–Crippen MR) is 102 cm³/mol. The van der Waals surface area contributed by atoms with Crippen molar-refractivity contribution in [3.8, 4) is 0 Å². The third-order valence-corrected chi connectivity index (χ3v) is 9.46. The Bertz CT molecular complexity index is 909. The molecule has 3 fully saturated rings. The van der Waals surface area contributed by atoms with E-state index in [1.807, 2.05) is 4.52 Å². The maximum Gasteiger partial charge on any atom is 0.252 e. The SMILES string of the molecule is CC12CCC3C(CCC4Cc5nc6ncnn6cc5CC43C)C1CCC2O. The maximum atomic E-state index is 10.7. The highest BCUT2D eigenvalue weighted by atomic mass is 16.3. The molecular weight excluding hydrogens is 336 g/mol. The van der Waals surface area contributed by atoms with E-state index in [2.05, 4.69) is 30.1 Å². The molecule has 5 nitrogen and oxygen atoms in total. The molecule has 0 aliphatic heterocycles. The number of aliphatic hydroxyl groups excluding tert-OH is 1. The summed E-state index contributed by atoms with van der Waals surface area (Å²) in [6.07, 6.45) is 13.3. The summed E-state index contributed by atoms with van der Waals surface area (Å²) in [4.78, 5) is 9.11. The Kier molecular flexibility index (Phi) is 3.24. The average Bonchev–Trinajstić information content (AvgIpc) is 3.21. The van der Waals surface area contributed by atoms with Crippen LogP contribution in [0.25, 0.3) is 5.78 Å². The van der Waals surface area contributed by atoms with E-state index in [-0.39, 0.29) is 11.5 Å². The fourth-order valence-electron chi connectivity index (χ4n) is 7.92. The highest BCUT2D eigenvalue weighted by molar-refractivity contribution is 5.34. The number of aliphatic hydroxyl groups is 1. The van der Waals surface area contributed by atoms with Crippen molar-refractivity contribution in [3.63, 3.8) is 0 Å². The third kappa shape index (κ3) is 2.07. The number of hydrogen-bond acceptors (Lipinski definition) is 4. The first kappa shape index (κ1) is 16.5. The summed E-state index contributed by atoms with van der Waals surface area (Å²) >= 11 is 0. The lowest BCUT2D eigenvalue weighted by Crippen LogP contribution is -2.54. The van der Waals surface area contributed by atoms with Crippen LogP contribution in [0.4, 0.5) is 0 Å². The lowest BCUT2D eigenvalue weighted by Gasteiger charge is -2.60. The zero-order valence-electron chi connectivity index (χ0n) is 16.4. The van der Waals surface area contributed by atoms with Gasteiger partial charge in [0.2, 0.25) is 0 Å². The van der Waals surface area contributed by atoms with Crippen LogP contribution in [0.15, 0.2) is 12.5 Å². The van der Waals surface area contributed by atoms with Crippen molar-refractivity contribution in [2.75, 3.05) is 0 Å². The van der Waals surface area contributed by atoms with E-state index in [1.165, 1.54) is 43.4 Å². The van der Waals surface area contributed by atoms with Gasteiger partial charge in [-0.05, 0) is 91.4 Å². The van der Waals surface area contributed by atoms with E-state index in [1.54, 1.807) is 6.33 Å². The Balaban J connectivity index is 1.38. The van der Waals surface area contributed by atoms with Crippen LogP contribution in [0.5, 0.6) is 0 Å². The molecule has 7 atom stereocenters. The zero-order valence-corrected chi connectivity index (χ0v) is 16.4. The molecule has 2 heterocycles. The van der Waals surface area contributed by atoms with Crippen molar-refractivity contribution in [3.05, 3.63) is 23.8 Å². The van der Waals surface area contributed by atoms with Gasteiger partial charge in [-0.25, -0.2) is 9.50 Å². The van der Waals surface area contributed by atoms with E-state index in [4.69, 9.17) is 4.98 Å². The maximum absolute atomic E-state index is 10.7. The molecule has 0 radical (unpaired) electrons. The van der Waals surface area contributed by atoms with Gasteiger partial charge in [0.15, 0.2) is 0 Å². The quantitative estimate of drug-likeness (QED) is 0.776. The van der Waals surface area contributed by atoms with Crippen LogP contribution in [0.1, 0.15) is 63.6 Å². The minimum Gasteiger partial charge on any atom is -0.393 e. The molecule has 4 aliphatic carbocycles. The van der Waals surface area contributed by atoms with Gasteiger partial charge in [-0.1, -0.05) is 13.8 Å².